The van der Waals surface area contributed by atoms with E-state index in [1.54, 1.807) is 37.3 Å². The van der Waals surface area contributed by atoms with Crippen LogP contribution in [0.15, 0.2) is 53.6 Å². The number of hydrogen-bond acceptors (Lipinski definition) is 5. The van der Waals surface area contributed by atoms with E-state index < -0.39 is 12.0 Å². The summed E-state index contributed by atoms with van der Waals surface area (Å²) in [5.41, 5.74) is 2.80. The Morgan fingerprint density at radius 3 is 2.65 bits per heavy atom. The number of carbonyl (C=O) groups excluding carboxylic acids is 1. The van der Waals surface area contributed by atoms with Crippen LogP contribution in [0.4, 0.5) is 0 Å². The first-order valence-electron chi connectivity index (χ1n) is 7.02. The van der Waals surface area contributed by atoms with Gasteiger partial charge < -0.3 is 14.6 Å². The van der Waals surface area contributed by atoms with Crippen molar-refractivity contribution < 1.29 is 19.4 Å². The van der Waals surface area contributed by atoms with Crippen LogP contribution in [0.2, 0.25) is 0 Å². The van der Waals surface area contributed by atoms with Crippen molar-refractivity contribution in [2.45, 2.75) is 13.0 Å². The minimum atomic E-state index is -0.701. The number of benzene rings is 2. The topological polar surface area (TPSA) is 80.2 Å². The van der Waals surface area contributed by atoms with Crippen LogP contribution in [0.25, 0.3) is 0 Å². The highest BCUT2D eigenvalue weighted by Crippen LogP contribution is 2.27. The molecule has 0 aliphatic heterocycles. The number of amides is 1. The third kappa shape index (κ3) is 4.47. The summed E-state index contributed by atoms with van der Waals surface area (Å²) >= 11 is 0. The summed E-state index contributed by atoms with van der Waals surface area (Å²) in [6, 6.07) is 14.0. The van der Waals surface area contributed by atoms with E-state index in [1.807, 2.05) is 18.2 Å². The Morgan fingerprint density at radius 1 is 1.22 bits per heavy atom. The van der Waals surface area contributed by atoms with Crippen LogP contribution in [0.1, 0.15) is 12.5 Å². The molecule has 6 nitrogen and oxygen atoms in total. The number of para-hydroxylation sites is 2. The summed E-state index contributed by atoms with van der Waals surface area (Å²) in [6.07, 6.45) is 0.638. The number of phenols is 1. The lowest BCUT2D eigenvalue weighted by atomic mass is 10.2. The van der Waals surface area contributed by atoms with E-state index in [9.17, 15) is 9.90 Å². The molecule has 0 saturated carbocycles. The zero-order valence-corrected chi connectivity index (χ0v) is 12.9. The zero-order valence-electron chi connectivity index (χ0n) is 12.9. The molecule has 120 valence electrons. The van der Waals surface area contributed by atoms with E-state index in [-0.39, 0.29) is 5.75 Å². The van der Waals surface area contributed by atoms with Crippen LogP contribution in [0.3, 0.4) is 0 Å². The van der Waals surface area contributed by atoms with Gasteiger partial charge in [-0.2, -0.15) is 5.10 Å². The van der Waals surface area contributed by atoms with Crippen molar-refractivity contribution in [1.82, 2.24) is 5.43 Å². The van der Waals surface area contributed by atoms with Crippen molar-refractivity contribution in [3.8, 4) is 17.2 Å². The molecule has 2 N–H and O–H groups in total. The van der Waals surface area contributed by atoms with Crippen LogP contribution in [-0.2, 0) is 4.79 Å². The van der Waals surface area contributed by atoms with Crippen LogP contribution in [-0.4, -0.2) is 30.4 Å². The van der Waals surface area contributed by atoms with E-state index in [2.05, 4.69) is 10.5 Å². The second-order valence-electron chi connectivity index (χ2n) is 4.71. The van der Waals surface area contributed by atoms with Crippen LogP contribution in [0.5, 0.6) is 17.2 Å². The van der Waals surface area contributed by atoms with Gasteiger partial charge in [0.25, 0.3) is 5.91 Å². The van der Waals surface area contributed by atoms with E-state index in [0.717, 1.165) is 0 Å². The molecule has 2 aromatic carbocycles. The average Bonchev–Trinajstić information content (AvgIpc) is 2.57. The number of nitrogens with zero attached hydrogens (tertiary/aromatic N) is 1. The van der Waals surface area contributed by atoms with Gasteiger partial charge in [0.2, 0.25) is 0 Å². The lowest BCUT2D eigenvalue weighted by Crippen LogP contribution is -2.33. The molecule has 2 aromatic rings. The summed E-state index contributed by atoms with van der Waals surface area (Å²) in [5.74, 6) is 0.500. The minimum Gasteiger partial charge on any atom is -0.504 e. The Labute approximate surface area is 134 Å². The van der Waals surface area contributed by atoms with Crippen molar-refractivity contribution >= 4 is 12.1 Å². The van der Waals surface area contributed by atoms with E-state index >= 15 is 0 Å². The molecular formula is C17H18N2O4. The Hall–Kier alpha value is -3.02. The fraction of sp³-hybridized carbons (Fsp3) is 0.176. The molecule has 0 radical (unpaired) electrons. The number of methoxy groups -OCH3 is 1. The molecule has 0 aromatic heterocycles. The molecule has 1 amide bonds. The van der Waals surface area contributed by atoms with E-state index in [0.29, 0.717) is 17.1 Å². The Bertz CT molecular complexity index is 686. The largest absolute Gasteiger partial charge is 0.504 e. The fourth-order valence-electron chi connectivity index (χ4n) is 1.82. The maximum absolute atomic E-state index is 11.9. The molecule has 2 rings (SSSR count). The summed E-state index contributed by atoms with van der Waals surface area (Å²) in [6.45, 7) is 1.63. The SMILES string of the molecule is COc1cccc(/C=N\NC(=O)[C@@H](C)Oc2ccccc2)c1O. The van der Waals surface area contributed by atoms with E-state index in [1.165, 1.54) is 13.3 Å². The second-order valence-corrected chi connectivity index (χ2v) is 4.71. The number of carbonyl (C=O) groups is 1. The Morgan fingerprint density at radius 2 is 1.96 bits per heavy atom. The fourth-order valence-corrected chi connectivity index (χ4v) is 1.82. The van der Waals surface area contributed by atoms with Gasteiger partial charge in [-0.05, 0) is 31.2 Å². The van der Waals surface area contributed by atoms with Gasteiger partial charge in [-0.3, -0.25) is 4.79 Å². The van der Waals surface area contributed by atoms with Crippen LogP contribution in [0, 0.1) is 0 Å². The van der Waals surface area contributed by atoms with Crippen molar-refractivity contribution in [3.63, 3.8) is 0 Å². The molecule has 0 bridgehead atoms. The molecule has 23 heavy (non-hydrogen) atoms. The molecule has 0 fully saturated rings. The number of aromatic hydroxyl groups is 1. The minimum absolute atomic E-state index is 0.0402. The molecule has 0 aliphatic rings. The predicted octanol–water partition coefficient (Wildman–Crippen LogP) is 2.32. The third-order valence-corrected chi connectivity index (χ3v) is 3.05. The Balaban J connectivity index is 1.93. The molecule has 6 heteroatoms. The maximum Gasteiger partial charge on any atom is 0.280 e. The number of hydrazone groups is 1. The van der Waals surface area contributed by atoms with Crippen molar-refractivity contribution in [2.24, 2.45) is 5.10 Å². The summed E-state index contributed by atoms with van der Waals surface area (Å²) in [7, 11) is 1.46. The first-order chi connectivity index (χ1) is 11.1. The molecule has 0 unspecified atom stereocenters. The summed E-state index contributed by atoms with van der Waals surface area (Å²) in [5, 5.41) is 13.7. The van der Waals surface area contributed by atoms with Gasteiger partial charge in [0.1, 0.15) is 5.75 Å². The van der Waals surface area contributed by atoms with Gasteiger partial charge in [0, 0.05) is 5.56 Å². The quantitative estimate of drug-likeness (QED) is 0.633. The monoisotopic (exact) mass is 314 g/mol. The summed E-state index contributed by atoms with van der Waals surface area (Å²) < 4.78 is 10.5. The van der Waals surface area contributed by atoms with Crippen molar-refractivity contribution in [2.75, 3.05) is 7.11 Å². The van der Waals surface area contributed by atoms with Gasteiger partial charge in [0.15, 0.2) is 17.6 Å². The van der Waals surface area contributed by atoms with Crippen LogP contribution >= 0.6 is 0 Å². The molecule has 0 aliphatic carbocycles. The standard InChI is InChI=1S/C17H18N2O4/c1-12(23-14-8-4-3-5-9-14)17(21)19-18-11-13-7-6-10-15(22-2)16(13)20/h3-12,20H,1-2H3,(H,19,21)/b18-11-/t12-/m1/s1. The maximum atomic E-state index is 11.9. The average molecular weight is 314 g/mol. The smallest absolute Gasteiger partial charge is 0.280 e. The molecule has 0 heterocycles. The normalized spacial score (nSPS) is 11.9. The lowest BCUT2D eigenvalue weighted by Gasteiger charge is -2.12. The number of ether oxygens (including phenoxy) is 2. The highest BCUT2D eigenvalue weighted by Gasteiger charge is 2.13. The predicted molar refractivity (Wildman–Crippen MR) is 86.9 cm³/mol. The lowest BCUT2D eigenvalue weighted by molar-refractivity contribution is -0.127. The van der Waals surface area contributed by atoms with Gasteiger partial charge in [-0.15, -0.1) is 0 Å². The second kappa shape index (κ2) is 7.84. The third-order valence-electron chi connectivity index (χ3n) is 3.05. The highest BCUT2D eigenvalue weighted by atomic mass is 16.5. The molecule has 0 spiro atoms. The van der Waals surface area contributed by atoms with Gasteiger partial charge >= 0.3 is 0 Å². The molecular weight excluding hydrogens is 296 g/mol. The van der Waals surface area contributed by atoms with Crippen molar-refractivity contribution in [3.05, 3.63) is 54.1 Å². The van der Waals surface area contributed by atoms with E-state index in [4.69, 9.17) is 9.47 Å². The van der Waals surface area contributed by atoms with Gasteiger partial charge in [-0.25, -0.2) is 5.43 Å². The van der Waals surface area contributed by atoms with Crippen LogP contribution < -0.4 is 14.9 Å². The highest BCUT2D eigenvalue weighted by molar-refractivity contribution is 5.87. The number of phenolic OH excluding ortho intramolecular Hbond substituents is 1. The van der Waals surface area contributed by atoms with Gasteiger partial charge in [-0.1, -0.05) is 24.3 Å². The van der Waals surface area contributed by atoms with Crippen molar-refractivity contribution in [1.29, 1.82) is 0 Å². The first kappa shape index (κ1) is 16.4. The summed E-state index contributed by atoms with van der Waals surface area (Å²) in [4.78, 5) is 11.9. The number of hydrogen-bond donors (Lipinski definition) is 2. The Kier molecular flexibility index (Phi) is 5.57. The number of nitrogens with one attached hydrogen (secondary N) is 1. The molecule has 0 saturated heterocycles. The van der Waals surface area contributed by atoms with Gasteiger partial charge in [0.05, 0.1) is 13.3 Å². The molecule has 1 atom stereocenters. The zero-order chi connectivity index (χ0) is 16.7. The first-order valence-corrected chi connectivity index (χ1v) is 7.02. The number of rotatable bonds is 6.